The summed E-state index contributed by atoms with van der Waals surface area (Å²) in [4.78, 5) is 30.9. The minimum absolute atomic E-state index is 0.0476. The van der Waals surface area contributed by atoms with Crippen LogP contribution in [-0.4, -0.2) is 67.4 Å². The monoisotopic (exact) mass is 462 g/mol. The van der Waals surface area contributed by atoms with E-state index in [-0.39, 0.29) is 19.0 Å². The van der Waals surface area contributed by atoms with Crippen LogP contribution in [0.2, 0.25) is 0 Å². The molecule has 1 aliphatic rings. The van der Waals surface area contributed by atoms with E-state index < -0.39 is 29.0 Å². The largest absolute Gasteiger partial charge is 0.368 e. The molecule has 9 heteroatoms. The van der Waals surface area contributed by atoms with Gasteiger partial charge in [0.2, 0.25) is 11.8 Å². The molecule has 0 atom stereocenters. The Balaban J connectivity index is 1.53. The summed E-state index contributed by atoms with van der Waals surface area (Å²) in [5.74, 6) is -5.11. The molecular weight excluding hydrogens is 433 g/mol. The van der Waals surface area contributed by atoms with E-state index >= 15 is 0 Å². The molecule has 1 fully saturated rings. The van der Waals surface area contributed by atoms with E-state index in [1.807, 2.05) is 26.0 Å². The minimum Gasteiger partial charge on any atom is -0.368 e. The van der Waals surface area contributed by atoms with Gasteiger partial charge in [-0.1, -0.05) is 19.1 Å². The fourth-order valence-electron chi connectivity index (χ4n) is 3.88. The molecule has 0 unspecified atom stereocenters. The van der Waals surface area contributed by atoms with E-state index in [1.54, 1.807) is 9.80 Å². The lowest BCUT2D eigenvalue weighted by molar-refractivity contribution is -0.133. The number of piperazine rings is 1. The van der Waals surface area contributed by atoms with Gasteiger partial charge in [0.1, 0.15) is 0 Å². The molecule has 1 saturated heterocycles. The zero-order chi connectivity index (χ0) is 24.0. The Morgan fingerprint density at radius 1 is 1.00 bits per heavy atom. The zero-order valence-corrected chi connectivity index (χ0v) is 18.9. The number of aryl methyl sites for hydroxylation is 1. The number of carbonyl (C=O) groups is 2. The summed E-state index contributed by atoms with van der Waals surface area (Å²) in [6.45, 7) is 6.94. The average Bonchev–Trinajstić information content (AvgIpc) is 2.79. The van der Waals surface area contributed by atoms with Crippen LogP contribution in [0.15, 0.2) is 36.4 Å². The lowest BCUT2D eigenvalue weighted by atomic mass is 10.2. The third-order valence-electron chi connectivity index (χ3n) is 5.57. The van der Waals surface area contributed by atoms with Crippen molar-refractivity contribution in [3.63, 3.8) is 0 Å². The fraction of sp³-hybridized carbons (Fsp3) is 0.417. The van der Waals surface area contributed by atoms with E-state index in [9.17, 15) is 22.8 Å². The smallest absolute Gasteiger partial charge is 0.238 e. The molecule has 1 heterocycles. The van der Waals surface area contributed by atoms with Gasteiger partial charge in [-0.15, -0.1) is 0 Å². The normalized spacial score (nSPS) is 14.0. The van der Waals surface area contributed by atoms with Crippen molar-refractivity contribution in [1.29, 1.82) is 0 Å². The highest BCUT2D eigenvalue weighted by Gasteiger charge is 2.24. The van der Waals surface area contributed by atoms with Gasteiger partial charge in [0.05, 0.1) is 18.8 Å². The number of anilines is 2. The van der Waals surface area contributed by atoms with Crippen molar-refractivity contribution in [2.24, 2.45) is 0 Å². The molecule has 0 aliphatic carbocycles. The summed E-state index contributed by atoms with van der Waals surface area (Å²) in [7, 11) is 0. The Hall–Kier alpha value is -3.07. The highest BCUT2D eigenvalue weighted by Crippen LogP contribution is 2.20. The molecule has 1 aliphatic heterocycles. The van der Waals surface area contributed by atoms with Gasteiger partial charge in [-0.3, -0.25) is 14.5 Å². The third kappa shape index (κ3) is 6.47. The van der Waals surface area contributed by atoms with Crippen LogP contribution in [0.3, 0.4) is 0 Å². The van der Waals surface area contributed by atoms with Crippen molar-refractivity contribution < 1.29 is 22.8 Å². The Labute approximate surface area is 192 Å². The number of hydrogen-bond donors (Lipinski definition) is 1. The average molecular weight is 463 g/mol. The molecule has 33 heavy (non-hydrogen) atoms. The van der Waals surface area contributed by atoms with Gasteiger partial charge in [-0.05, 0) is 49.7 Å². The molecule has 0 radical (unpaired) electrons. The molecular formula is C24H29F3N4O2. The van der Waals surface area contributed by atoms with Crippen LogP contribution in [0.25, 0.3) is 0 Å². The molecule has 1 N–H and O–H groups in total. The minimum atomic E-state index is -1.64. The molecule has 6 nitrogen and oxygen atoms in total. The van der Waals surface area contributed by atoms with Crippen LogP contribution in [0, 0.1) is 24.4 Å². The van der Waals surface area contributed by atoms with Crippen molar-refractivity contribution >= 4 is 23.2 Å². The molecule has 0 aromatic heterocycles. The van der Waals surface area contributed by atoms with Crippen LogP contribution < -0.4 is 10.2 Å². The zero-order valence-electron chi connectivity index (χ0n) is 18.9. The molecule has 178 valence electrons. The summed E-state index contributed by atoms with van der Waals surface area (Å²) in [6.07, 6.45) is 0.710. The number of nitrogens with one attached hydrogen (secondary N) is 1. The second-order valence-electron chi connectivity index (χ2n) is 8.19. The van der Waals surface area contributed by atoms with Crippen LogP contribution in [-0.2, 0) is 9.59 Å². The number of amides is 2. The fourth-order valence-corrected chi connectivity index (χ4v) is 3.88. The number of nitrogens with zero attached hydrogens (tertiary/aromatic N) is 3. The number of hydrogen-bond acceptors (Lipinski definition) is 4. The summed E-state index contributed by atoms with van der Waals surface area (Å²) >= 11 is 0. The van der Waals surface area contributed by atoms with Gasteiger partial charge < -0.3 is 15.1 Å². The van der Waals surface area contributed by atoms with E-state index in [0.717, 1.165) is 30.9 Å². The first-order valence-electron chi connectivity index (χ1n) is 11.0. The predicted molar refractivity (Wildman–Crippen MR) is 122 cm³/mol. The van der Waals surface area contributed by atoms with Gasteiger partial charge in [0.15, 0.2) is 17.5 Å². The van der Waals surface area contributed by atoms with E-state index in [4.69, 9.17) is 0 Å². The summed E-state index contributed by atoms with van der Waals surface area (Å²) in [5.41, 5.74) is 1.88. The van der Waals surface area contributed by atoms with Crippen LogP contribution >= 0.6 is 0 Å². The third-order valence-corrected chi connectivity index (χ3v) is 5.57. The second kappa shape index (κ2) is 11.2. The van der Waals surface area contributed by atoms with Gasteiger partial charge in [-0.25, -0.2) is 13.2 Å². The first-order valence-corrected chi connectivity index (χ1v) is 11.0. The Morgan fingerprint density at radius 3 is 2.39 bits per heavy atom. The topological polar surface area (TPSA) is 55.9 Å². The van der Waals surface area contributed by atoms with Crippen LogP contribution in [0.4, 0.5) is 24.5 Å². The predicted octanol–water partition coefficient (Wildman–Crippen LogP) is 3.41. The van der Waals surface area contributed by atoms with Crippen molar-refractivity contribution in [1.82, 2.24) is 9.80 Å². The maximum Gasteiger partial charge on any atom is 0.238 e. The van der Waals surface area contributed by atoms with E-state index in [0.29, 0.717) is 26.1 Å². The van der Waals surface area contributed by atoms with Gasteiger partial charge in [0.25, 0.3) is 0 Å². The molecule has 0 saturated carbocycles. The maximum atomic E-state index is 13.8. The van der Waals surface area contributed by atoms with Crippen molar-refractivity contribution in [3.8, 4) is 0 Å². The number of benzene rings is 2. The summed E-state index contributed by atoms with van der Waals surface area (Å²) in [5, 5.41) is 2.25. The Morgan fingerprint density at radius 2 is 1.73 bits per heavy atom. The lowest BCUT2D eigenvalue weighted by Gasteiger charge is -2.37. The van der Waals surface area contributed by atoms with Crippen LogP contribution in [0.5, 0.6) is 0 Å². The lowest BCUT2D eigenvalue weighted by Crippen LogP contribution is -2.52. The summed E-state index contributed by atoms with van der Waals surface area (Å²) in [6, 6.07) is 9.95. The van der Waals surface area contributed by atoms with Crippen molar-refractivity contribution in [2.45, 2.75) is 20.3 Å². The standard InChI is InChI=1S/C24H29F3N4O2/c1-3-9-29(15-21(32)28-20-8-7-19(25)23(26)24(20)27)16-22(33)31-12-10-30(11-13-31)18-6-4-5-17(2)14-18/h4-8,14H,3,9-13,15-16H2,1-2H3,(H,28,32). The first-order chi connectivity index (χ1) is 15.8. The van der Waals surface area contributed by atoms with E-state index in [2.05, 4.69) is 22.3 Å². The summed E-state index contributed by atoms with van der Waals surface area (Å²) < 4.78 is 40.3. The van der Waals surface area contributed by atoms with Gasteiger partial charge >= 0.3 is 0 Å². The Bertz CT molecular complexity index is 994. The molecule has 2 aromatic rings. The first kappa shape index (κ1) is 24.6. The molecule has 0 bridgehead atoms. The molecule has 2 amide bonds. The number of carbonyl (C=O) groups excluding carboxylic acids is 2. The van der Waals surface area contributed by atoms with Gasteiger partial charge in [-0.2, -0.15) is 0 Å². The maximum absolute atomic E-state index is 13.8. The number of rotatable bonds is 8. The van der Waals surface area contributed by atoms with Gasteiger partial charge in [0, 0.05) is 31.9 Å². The SMILES string of the molecule is CCCN(CC(=O)Nc1ccc(F)c(F)c1F)CC(=O)N1CCN(c2cccc(C)c2)CC1. The molecule has 3 rings (SSSR count). The highest BCUT2D eigenvalue weighted by atomic mass is 19.2. The van der Waals surface area contributed by atoms with Crippen LogP contribution in [0.1, 0.15) is 18.9 Å². The van der Waals surface area contributed by atoms with Crippen molar-refractivity contribution in [2.75, 3.05) is 56.0 Å². The molecule has 0 spiro atoms. The van der Waals surface area contributed by atoms with Crippen molar-refractivity contribution in [3.05, 3.63) is 59.4 Å². The quantitative estimate of drug-likeness (QED) is 0.611. The molecule has 2 aromatic carbocycles. The van der Waals surface area contributed by atoms with E-state index in [1.165, 1.54) is 5.56 Å². The second-order valence-corrected chi connectivity index (χ2v) is 8.19. The Kier molecular flexibility index (Phi) is 8.32. The highest BCUT2D eigenvalue weighted by molar-refractivity contribution is 5.92. The number of halogens is 3.